The first kappa shape index (κ1) is 12.7. The van der Waals surface area contributed by atoms with Crippen LogP contribution in [0.15, 0.2) is 36.4 Å². The summed E-state index contributed by atoms with van der Waals surface area (Å²) in [5, 5.41) is 3.46. The lowest BCUT2D eigenvalue weighted by atomic mass is 9.79. The van der Waals surface area contributed by atoms with Crippen LogP contribution in [-0.2, 0) is 0 Å². The van der Waals surface area contributed by atoms with Crippen LogP contribution >= 0.6 is 0 Å². The quantitative estimate of drug-likeness (QED) is 0.703. The molecule has 3 nitrogen and oxygen atoms in total. The van der Waals surface area contributed by atoms with Crippen LogP contribution in [0.3, 0.4) is 0 Å². The predicted octanol–water partition coefficient (Wildman–Crippen LogP) is 2.96. The summed E-state index contributed by atoms with van der Waals surface area (Å²) in [6.07, 6.45) is 2.45. The van der Waals surface area contributed by atoms with Crippen LogP contribution in [0.1, 0.15) is 29.9 Å². The predicted molar refractivity (Wildman–Crippen MR) is 88.1 cm³/mol. The summed E-state index contributed by atoms with van der Waals surface area (Å²) < 4.78 is 0. The fraction of sp³-hybridized carbons (Fsp3) is 0.333. The summed E-state index contributed by atoms with van der Waals surface area (Å²) in [5.41, 5.74) is 19.0. The van der Waals surface area contributed by atoms with E-state index in [0.717, 1.165) is 13.1 Å². The Kier molecular flexibility index (Phi) is 2.89. The molecule has 5 N–H and O–H groups in total. The molecule has 21 heavy (non-hydrogen) atoms. The largest absolute Gasteiger partial charge is 0.397 e. The van der Waals surface area contributed by atoms with Gasteiger partial charge in [-0.3, -0.25) is 0 Å². The lowest BCUT2D eigenvalue weighted by Crippen LogP contribution is -2.30. The summed E-state index contributed by atoms with van der Waals surface area (Å²) in [4.78, 5) is 0. The van der Waals surface area contributed by atoms with Gasteiger partial charge in [0.2, 0.25) is 0 Å². The van der Waals surface area contributed by atoms with Crippen LogP contribution in [-0.4, -0.2) is 13.1 Å². The molecule has 2 aromatic carbocycles. The molecule has 0 bridgehead atoms. The van der Waals surface area contributed by atoms with E-state index in [9.17, 15) is 0 Å². The van der Waals surface area contributed by atoms with Gasteiger partial charge < -0.3 is 16.8 Å². The summed E-state index contributed by atoms with van der Waals surface area (Å²) >= 11 is 0. The van der Waals surface area contributed by atoms with Crippen molar-refractivity contribution in [2.24, 2.45) is 5.92 Å². The highest BCUT2D eigenvalue weighted by Gasteiger charge is 2.35. The molecule has 0 spiro atoms. The highest BCUT2D eigenvalue weighted by Crippen LogP contribution is 2.51. The molecule has 0 aromatic heterocycles. The van der Waals surface area contributed by atoms with E-state index in [4.69, 9.17) is 11.5 Å². The van der Waals surface area contributed by atoms with E-state index in [0.29, 0.717) is 23.2 Å². The molecule has 1 atom stereocenters. The molecule has 3 heteroatoms. The molecule has 0 saturated carbocycles. The SMILES string of the molecule is Nc1cc2c(cc1N)C(C1CCNCC1)c1ccccc1-2. The van der Waals surface area contributed by atoms with Gasteiger partial charge in [-0.25, -0.2) is 0 Å². The lowest BCUT2D eigenvalue weighted by Gasteiger charge is -2.29. The van der Waals surface area contributed by atoms with Crippen molar-refractivity contribution in [2.45, 2.75) is 18.8 Å². The van der Waals surface area contributed by atoms with E-state index in [1.54, 1.807) is 0 Å². The van der Waals surface area contributed by atoms with Crippen LogP contribution in [0, 0.1) is 5.92 Å². The molecule has 4 rings (SSSR count). The number of hydrogen-bond donors (Lipinski definition) is 3. The van der Waals surface area contributed by atoms with Gasteiger partial charge in [-0.05, 0) is 66.2 Å². The Balaban J connectivity index is 1.89. The van der Waals surface area contributed by atoms with E-state index >= 15 is 0 Å². The van der Waals surface area contributed by atoms with E-state index < -0.39 is 0 Å². The highest BCUT2D eigenvalue weighted by molar-refractivity contribution is 5.85. The van der Waals surface area contributed by atoms with Crippen molar-refractivity contribution in [2.75, 3.05) is 24.6 Å². The third-order valence-electron chi connectivity index (χ3n) is 5.03. The van der Waals surface area contributed by atoms with Crippen molar-refractivity contribution >= 4 is 11.4 Å². The first-order valence-corrected chi connectivity index (χ1v) is 7.74. The Bertz CT molecular complexity index is 687. The molecule has 0 radical (unpaired) electrons. The molecule has 2 aromatic rings. The van der Waals surface area contributed by atoms with Gasteiger partial charge in [0, 0.05) is 5.92 Å². The lowest BCUT2D eigenvalue weighted by molar-refractivity contribution is 0.345. The zero-order valence-electron chi connectivity index (χ0n) is 12.1. The van der Waals surface area contributed by atoms with Crippen LogP contribution < -0.4 is 16.8 Å². The maximum absolute atomic E-state index is 6.08. The average Bonchev–Trinajstić information content (AvgIpc) is 2.82. The Morgan fingerprint density at radius 2 is 1.57 bits per heavy atom. The maximum Gasteiger partial charge on any atom is 0.0554 e. The second kappa shape index (κ2) is 4.78. The number of rotatable bonds is 1. The molecule has 1 saturated heterocycles. The molecular formula is C18H21N3. The zero-order chi connectivity index (χ0) is 14.4. The van der Waals surface area contributed by atoms with Crippen LogP contribution in [0.2, 0.25) is 0 Å². The fourth-order valence-electron chi connectivity index (χ4n) is 4.01. The van der Waals surface area contributed by atoms with Crippen molar-refractivity contribution in [3.8, 4) is 11.1 Å². The second-order valence-corrected chi connectivity index (χ2v) is 6.22. The van der Waals surface area contributed by atoms with Crippen LogP contribution in [0.5, 0.6) is 0 Å². The van der Waals surface area contributed by atoms with Gasteiger partial charge in [-0.1, -0.05) is 24.3 Å². The summed E-state index contributed by atoms with van der Waals surface area (Å²) in [6, 6.07) is 12.9. The van der Waals surface area contributed by atoms with E-state index in [2.05, 4.69) is 41.7 Å². The average molecular weight is 279 g/mol. The van der Waals surface area contributed by atoms with Crippen LogP contribution in [0.25, 0.3) is 11.1 Å². The minimum absolute atomic E-state index is 0.473. The van der Waals surface area contributed by atoms with Crippen molar-refractivity contribution in [1.29, 1.82) is 0 Å². The highest BCUT2D eigenvalue weighted by atomic mass is 14.9. The molecule has 1 heterocycles. The number of anilines is 2. The Morgan fingerprint density at radius 1 is 0.857 bits per heavy atom. The van der Waals surface area contributed by atoms with Gasteiger partial charge in [-0.15, -0.1) is 0 Å². The van der Waals surface area contributed by atoms with Crippen molar-refractivity contribution < 1.29 is 0 Å². The van der Waals surface area contributed by atoms with E-state index in [1.165, 1.54) is 35.1 Å². The second-order valence-electron chi connectivity index (χ2n) is 6.22. The number of nitrogens with one attached hydrogen (secondary N) is 1. The minimum Gasteiger partial charge on any atom is -0.397 e. The fourth-order valence-corrected chi connectivity index (χ4v) is 4.01. The number of fused-ring (bicyclic) bond motifs is 3. The van der Waals surface area contributed by atoms with E-state index in [1.807, 2.05) is 0 Å². The van der Waals surface area contributed by atoms with Crippen molar-refractivity contribution in [1.82, 2.24) is 5.32 Å². The first-order chi connectivity index (χ1) is 10.3. The Labute approximate surface area is 125 Å². The third-order valence-corrected chi connectivity index (χ3v) is 5.03. The first-order valence-electron chi connectivity index (χ1n) is 7.74. The number of nitrogen functional groups attached to an aromatic ring is 2. The van der Waals surface area contributed by atoms with Gasteiger partial charge in [-0.2, -0.15) is 0 Å². The zero-order valence-corrected chi connectivity index (χ0v) is 12.1. The number of piperidine rings is 1. The third kappa shape index (κ3) is 1.92. The molecule has 1 fully saturated rings. The van der Waals surface area contributed by atoms with Crippen LogP contribution in [0.4, 0.5) is 11.4 Å². The number of nitrogens with two attached hydrogens (primary N) is 2. The monoisotopic (exact) mass is 279 g/mol. The molecule has 1 unspecified atom stereocenters. The Hall–Kier alpha value is -2.00. The van der Waals surface area contributed by atoms with Crippen molar-refractivity contribution in [3.63, 3.8) is 0 Å². The van der Waals surface area contributed by atoms with Gasteiger partial charge in [0.25, 0.3) is 0 Å². The maximum atomic E-state index is 6.08. The molecule has 108 valence electrons. The molecule has 0 amide bonds. The van der Waals surface area contributed by atoms with Gasteiger partial charge in [0.15, 0.2) is 0 Å². The summed E-state index contributed by atoms with van der Waals surface area (Å²) in [6.45, 7) is 2.23. The number of benzene rings is 2. The smallest absolute Gasteiger partial charge is 0.0554 e. The van der Waals surface area contributed by atoms with Gasteiger partial charge >= 0.3 is 0 Å². The normalized spacial score (nSPS) is 21.0. The molecule has 2 aliphatic rings. The molecule has 1 aliphatic carbocycles. The van der Waals surface area contributed by atoms with Crippen molar-refractivity contribution in [3.05, 3.63) is 47.5 Å². The molecule has 1 aliphatic heterocycles. The van der Waals surface area contributed by atoms with E-state index in [-0.39, 0.29) is 0 Å². The topological polar surface area (TPSA) is 64.1 Å². The Morgan fingerprint density at radius 3 is 2.38 bits per heavy atom. The summed E-state index contributed by atoms with van der Waals surface area (Å²) in [7, 11) is 0. The van der Waals surface area contributed by atoms with Gasteiger partial charge in [0.05, 0.1) is 11.4 Å². The summed E-state index contributed by atoms with van der Waals surface area (Å²) in [5.74, 6) is 1.16. The minimum atomic E-state index is 0.473. The number of hydrogen-bond acceptors (Lipinski definition) is 3. The van der Waals surface area contributed by atoms with Gasteiger partial charge in [0.1, 0.15) is 0 Å². The standard InChI is InChI=1S/C18H21N3/c19-16-9-14-12-3-1-2-4-13(12)18(15(14)10-17(16)20)11-5-7-21-8-6-11/h1-4,9-11,18,21H,5-8,19-20H2. The molecular weight excluding hydrogens is 258 g/mol.